The van der Waals surface area contributed by atoms with Gasteiger partial charge in [0, 0.05) is 12.5 Å². The van der Waals surface area contributed by atoms with Crippen molar-refractivity contribution >= 4 is 11.5 Å². The third-order valence-electron chi connectivity index (χ3n) is 3.87. The van der Waals surface area contributed by atoms with Gasteiger partial charge < -0.3 is 15.8 Å². The molecule has 0 amide bonds. The lowest BCUT2D eigenvalue weighted by Crippen LogP contribution is -2.16. The fourth-order valence-electron chi connectivity index (χ4n) is 2.67. The normalized spacial score (nSPS) is 15.8. The van der Waals surface area contributed by atoms with E-state index >= 15 is 0 Å². The van der Waals surface area contributed by atoms with Gasteiger partial charge in [-0.3, -0.25) is 0 Å². The van der Waals surface area contributed by atoms with Crippen molar-refractivity contribution in [2.24, 2.45) is 5.92 Å². The molecular formula is C17H28N4O. The molecule has 5 nitrogen and oxygen atoms in total. The molecule has 1 aliphatic rings. The molecule has 0 unspecified atom stereocenters. The Morgan fingerprint density at radius 1 is 1.32 bits per heavy atom. The number of hydrogen-bond acceptors (Lipinski definition) is 5. The summed E-state index contributed by atoms with van der Waals surface area (Å²) in [5, 5.41) is 3.20. The molecule has 1 heterocycles. The molecule has 5 heteroatoms. The van der Waals surface area contributed by atoms with Crippen LogP contribution in [0.4, 0.5) is 11.5 Å². The minimum atomic E-state index is 0.417. The number of ether oxygens (including phenoxy) is 1. The second kappa shape index (κ2) is 8.01. The maximum Gasteiger partial charge on any atom is 0.242 e. The average Bonchev–Trinajstić information content (AvgIpc) is 2.53. The maximum absolute atomic E-state index is 6.16. The van der Waals surface area contributed by atoms with Gasteiger partial charge in [0.1, 0.15) is 11.5 Å². The molecule has 1 fully saturated rings. The summed E-state index contributed by atoms with van der Waals surface area (Å²) in [4.78, 5) is 9.26. The highest BCUT2D eigenvalue weighted by molar-refractivity contribution is 5.67. The van der Waals surface area contributed by atoms with Crippen LogP contribution in [0.3, 0.4) is 0 Å². The van der Waals surface area contributed by atoms with Crippen molar-refractivity contribution < 1.29 is 4.74 Å². The molecule has 1 aromatic heterocycles. The van der Waals surface area contributed by atoms with E-state index in [0.29, 0.717) is 42.4 Å². The van der Waals surface area contributed by atoms with Crippen molar-refractivity contribution in [2.45, 2.75) is 51.9 Å². The number of anilines is 2. The fourth-order valence-corrected chi connectivity index (χ4v) is 2.67. The minimum Gasteiger partial charge on any atom is -0.476 e. The molecule has 0 atom stereocenters. The predicted molar refractivity (Wildman–Crippen MR) is 91.3 cm³/mol. The van der Waals surface area contributed by atoms with Gasteiger partial charge in [-0.25, -0.2) is 4.98 Å². The lowest BCUT2D eigenvalue weighted by atomic mass is 9.88. The van der Waals surface area contributed by atoms with Crippen LogP contribution < -0.4 is 15.8 Å². The van der Waals surface area contributed by atoms with Crippen molar-refractivity contribution in [3.8, 4) is 5.88 Å². The first-order valence-electron chi connectivity index (χ1n) is 8.26. The monoisotopic (exact) mass is 304 g/mol. The van der Waals surface area contributed by atoms with Crippen LogP contribution in [-0.2, 0) is 0 Å². The van der Waals surface area contributed by atoms with E-state index in [2.05, 4.69) is 35.7 Å². The lowest BCUT2D eigenvalue weighted by molar-refractivity contribution is 0.260. The molecule has 1 aromatic rings. The molecule has 1 saturated carbocycles. The zero-order valence-corrected chi connectivity index (χ0v) is 13.8. The molecule has 0 aliphatic heterocycles. The SMILES string of the molecule is C=CCNc1nc(C2CCCCC2)nc(OCC(C)C)c1N. The highest BCUT2D eigenvalue weighted by atomic mass is 16.5. The van der Waals surface area contributed by atoms with Crippen molar-refractivity contribution in [3.05, 3.63) is 18.5 Å². The van der Waals surface area contributed by atoms with Gasteiger partial charge in [0.25, 0.3) is 0 Å². The smallest absolute Gasteiger partial charge is 0.242 e. The summed E-state index contributed by atoms with van der Waals surface area (Å²) in [6, 6.07) is 0. The summed E-state index contributed by atoms with van der Waals surface area (Å²) in [6.45, 7) is 9.16. The zero-order chi connectivity index (χ0) is 15.9. The van der Waals surface area contributed by atoms with Crippen molar-refractivity contribution in [2.75, 3.05) is 24.2 Å². The molecule has 0 saturated heterocycles. The number of aromatic nitrogens is 2. The number of nitrogen functional groups attached to an aromatic ring is 1. The summed E-state index contributed by atoms with van der Waals surface area (Å²) in [5.74, 6) is 2.88. The Bertz CT molecular complexity index is 496. The van der Waals surface area contributed by atoms with Gasteiger partial charge in [-0.1, -0.05) is 39.2 Å². The molecule has 22 heavy (non-hydrogen) atoms. The van der Waals surface area contributed by atoms with Gasteiger partial charge in [0.15, 0.2) is 5.82 Å². The minimum absolute atomic E-state index is 0.417. The largest absolute Gasteiger partial charge is 0.476 e. The average molecular weight is 304 g/mol. The summed E-state index contributed by atoms with van der Waals surface area (Å²) >= 11 is 0. The van der Waals surface area contributed by atoms with E-state index in [1.807, 2.05) is 0 Å². The second-order valence-corrected chi connectivity index (χ2v) is 6.36. The van der Waals surface area contributed by atoms with Crippen LogP contribution in [0.5, 0.6) is 5.88 Å². The molecule has 0 aromatic carbocycles. The van der Waals surface area contributed by atoms with Gasteiger partial charge in [0.2, 0.25) is 5.88 Å². The topological polar surface area (TPSA) is 73.1 Å². The van der Waals surface area contributed by atoms with E-state index in [1.54, 1.807) is 6.08 Å². The first-order chi connectivity index (χ1) is 10.6. The number of nitrogens with zero attached hydrogens (tertiary/aromatic N) is 2. The van der Waals surface area contributed by atoms with Gasteiger partial charge in [-0.05, 0) is 18.8 Å². The third kappa shape index (κ3) is 4.36. The van der Waals surface area contributed by atoms with E-state index in [0.717, 1.165) is 18.7 Å². The van der Waals surface area contributed by atoms with E-state index in [4.69, 9.17) is 10.5 Å². The first kappa shape index (κ1) is 16.6. The van der Waals surface area contributed by atoms with Crippen molar-refractivity contribution in [3.63, 3.8) is 0 Å². The van der Waals surface area contributed by atoms with E-state index in [9.17, 15) is 0 Å². The summed E-state index contributed by atoms with van der Waals surface area (Å²) in [5.41, 5.74) is 6.65. The molecular weight excluding hydrogens is 276 g/mol. The number of nitrogens with one attached hydrogen (secondary N) is 1. The zero-order valence-electron chi connectivity index (χ0n) is 13.8. The summed E-state index contributed by atoms with van der Waals surface area (Å²) in [7, 11) is 0. The van der Waals surface area contributed by atoms with Crippen LogP contribution in [0.2, 0.25) is 0 Å². The molecule has 0 bridgehead atoms. The van der Waals surface area contributed by atoms with Gasteiger partial charge in [0.05, 0.1) is 6.61 Å². The Morgan fingerprint density at radius 3 is 2.68 bits per heavy atom. The van der Waals surface area contributed by atoms with Gasteiger partial charge >= 0.3 is 0 Å². The first-order valence-corrected chi connectivity index (χ1v) is 8.26. The van der Waals surface area contributed by atoms with E-state index < -0.39 is 0 Å². The Balaban J connectivity index is 2.26. The quantitative estimate of drug-likeness (QED) is 0.751. The lowest BCUT2D eigenvalue weighted by Gasteiger charge is -2.22. The van der Waals surface area contributed by atoms with Crippen molar-refractivity contribution in [1.29, 1.82) is 0 Å². The maximum atomic E-state index is 6.16. The fraction of sp³-hybridized carbons (Fsp3) is 0.647. The molecule has 1 aliphatic carbocycles. The highest BCUT2D eigenvalue weighted by Crippen LogP contribution is 2.35. The second-order valence-electron chi connectivity index (χ2n) is 6.36. The molecule has 2 rings (SSSR count). The standard InChI is InChI=1S/C17H28N4O/c1-4-10-19-16-14(18)17(22-11-12(2)3)21-15(20-16)13-8-6-5-7-9-13/h4,12-13H,1,5-11,18H2,2-3H3,(H,19,20,21). The summed E-state index contributed by atoms with van der Waals surface area (Å²) < 4.78 is 5.81. The molecule has 122 valence electrons. The number of rotatable bonds is 7. The number of hydrogen-bond donors (Lipinski definition) is 2. The van der Waals surface area contributed by atoms with Crippen LogP contribution >= 0.6 is 0 Å². The van der Waals surface area contributed by atoms with Crippen molar-refractivity contribution in [1.82, 2.24) is 9.97 Å². The van der Waals surface area contributed by atoms with Gasteiger partial charge in [-0.2, -0.15) is 4.98 Å². The Hall–Kier alpha value is -1.78. The Labute approximate surface area is 133 Å². The van der Waals surface area contributed by atoms with Crippen LogP contribution in [0.1, 0.15) is 57.7 Å². The van der Waals surface area contributed by atoms with E-state index in [1.165, 1.54) is 19.3 Å². The van der Waals surface area contributed by atoms with Crippen LogP contribution in [0.25, 0.3) is 0 Å². The highest BCUT2D eigenvalue weighted by Gasteiger charge is 2.22. The van der Waals surface area contributed by atoms with Crippen LogP contribution in [-0.4, -0.2) is 23.1 Å². The molecule has 0 spiro atoms. The van der Waals surface area contributed by atoms with E-state index in [-0.39, 0.29) is 0 Å². The third-order valence-corrected chi connectivity index (χ3v) is 3.87. The molecule has 0 radical (unpaired) electrons. The Morgan fingerprint density at radius 2 is 2.05 bits per heavy atom. The summed E-state index contributed by atoms with van der Waals surface area (Å²) in [6.07, 6.45) is 7.88. The predicted octanol–water partition coefficient (Wildman–Crippen LogP) is 3.74. The number of nitrogens with two attached hydrogens (primary N) is 1. The van der Waals surface area contributed by atoms with Crippen LogP contribution in [0, 0.1) is 5.92 Å². The molecule has 3 N–H and O–H groups in total. The van der Waals surface area contributed by atoms with Crippen LogP contribution in [0.15, 0.2) is 12.7 Å². The Kier molecular flexibility index (Phi) is 6.04. The van der Waals surface area contributed by atoms with Gasteiger partial charge in [-0.15, -0.1) is 6.58 Å².